The molecule has 26 heavy (non-hydrogen) atoms. The lowest BCUT2D eigenvalue weighted by atomic mass is 10.2. The average Bonchev–Trinajstić information content (AvgIpc) is 2.68. The van der Waals surface area contributed by atoms with Crippen molar-refractivity contribution in [3.63, 3.8) is 0 Å². The number of hydrogen-bond acceptors (Lipinski definition) is 3. The normalized spacial score (nSPS) is 7.38. The smallest absolute Gasteiger partial charge is 0.341 e. The first-order chi connectivity index (χ1) is 12.5. The van der Waals surface area contributed by atoms with E-state index in [1.54, 1.807) is 18.2 Å². The van der Waals surface area contributed by atoms with E-state index in [0.717, 1.165) is 12.0 Å². The molecule has 0 saturated carbocycles. The molecule has 4 nitrogen and oxygen atoms in total. The maximum absolute atomic E-state index is 10.1. The van der Waals surface area contributed by atoms with E-state index in [1.807, 2.05) is 67.4 Å². The van der Waals surface area contributed by atoms with Gasteiger partial charge in [-0.05, 0) is 39.3 Å². The molecular formula is C22H40O4. The molecule has 4 heteroatoms. The standard InChI is InChI=1S/C9H10O3.C5H10.C3H6.2C2H6.CH2O/c1-7-2-4-8(5-3-7)12-6-9(10)11;1-3-5-4-2;1-3-2;3*1-2/h2-5H,6H2,1H3,(H,10,11);3,5H,4H2,1-2H3;3H,1H2,2H3;2*1-2H3;1H2/b;5-3-;;;;. The van der Waals surface area contributed by atoms with Crippen molar-refractivity contribution in [3.05, 3.63) is 54.6 Å². The largest absolute Gasteiger partial charge is 0.482 e. The molecule has 0 aliphatic carbocycles. The number of allylic oxidation sites excluding steroid dienone is 3. The summed E-state index contributed by atoms with van der Waals surface area (Å²) < 4.78 is 4.92. The minimum absolute atomic E-state index is 0.289. The third kappa shape index (κ3) is 43.0. The van der Waals surface area contributed by atoms with Crippen LogP contribution < -0.4 is 4.74 Å². The van der Waals surface area contributed by atoms with Crippen molar-refractivity contribution in [1.82, 2.24) is 0 Å². The molecule has 0 heterocycles. The molecule has 0 aliphatic heterocycles. The number of aryl methyl sites for hydroxylation is 1. The highest BCUT2D eigenvalue weighted by molar-refractivity contribution is 5.68. The molecule has 152 valence electrons. The van der Waals surface area contributed by atoms with Crippen molar-refractivity contribution in [2.24, 2.45) is 0 Å². The third-order valence-corrected chi connectivity index (χ3v) is 1.85. The topological polar surface area (TPSA) is 63.6 Å². The second-order valence-corrected chi connectivity index (χ2v) is 3.88. The van der Waals surface area contributed by atoms with Gasteiger partial charge >= 0.3 is 5.97 Å². The number of rotatable bonds is 4. The van der Waals surface area contributed by atoms with Gasteiger partial charge < -0.3 is 14.6 Å². The summed E-state index contributed by atoms with van der Waals surface area (Å²) in [6, 6.07) is 7.24. The first-order valence-electron chi connectivity index (χ1n) is 8.90. The maximum atomic E-state index is 10.1. The molecule has 0 aliphatic rings. The minimum atomic E-state index is -0.962. The Kier molecular flexibility index (Phi) is 51.4. The molecule has 0 bridgehead atoms. The third-order valence-electron chi connectivity index (χ3n) is 1.85. The number of carbonyl (C=O) groups excluding carboxylic acids is 1. The molecule has 0 amide bonds. The van der Waals surface area contributed by atoms with Gasteiger partial charge in [0, 0.05) is 0 Å². The summed E-state index contributed by atoms with van der Waals surface area (Å²) in [4.78, 5) is 18.1. The van der Waals surface area contributed by atoms with E-state index in [-0.39, 0.29) is 6.61 Å². The van der Waals surface area contributed by atoms with E-state index in [4.69, 9.17) is 14.6 Å². The van der Waals surface area contributed by atoms with Gasteiger partial charge in [-0.3, -0.25) is 0 Å². The van der Waals surface area contributed by atoms with Crippen LogP contribution in [-0.4, -0.2) is 24.5 Å². The van der Waals surface area contributed by atoms with E-state index in [1.165, 1.54) is 0 Å². The number of carboxylic acid groups (broad SMARTS) is 1. The van der Waals surface area contributed by atoms with Crippen molar-refractivity contribution in [2.75, 3.05) is 6.61 Å². The van der Waals surface area contributed by atoms with Crippen LogP contribution in [0, 0.1) is 6.92 Å². The fourth-order valence-electron chi connectivity index (χ4n) is 1.02. The van der Waals surface area contributed by atoms with Gasteiger partial charge in [0.1, 0.15) is 12.5 Å². The zero-order valence-electron chi connectivity index (χ0n) is 18.0. The van der Waals surface area contributed by atoms with E-state index in [9.17, 15) is 4.79 Å². The van der Waals surface area contributed by atoms with E-state index < -0.39 is 5.97 Å². The van der Waals surface area contributed by atoms with Crippen LogP contribution in [0.5, 0.6) is 5.75 Å². The first-order valence-corrected chi connectivity index (χ1v) is 8.90. The molecule has 0 fully saturated rings. The molecule has 0 spiro atoms. The second kappa shape index (κ2) is 38.3. The Morgan fingerprint density at radius 2 is 1.46 bits per heavy atom. The lowest BCUT2D eigenvalue weighted by Gasteiger charge is -2.01. The van der Waals surface area contributed by atoms with Crippen molar-refractivity contribution in [2.45, 2.75) is 61.8 Å². The zero-order valence-corrected chi connectivity index (χ0v) is 18.0. The predicted molar refractivity (Wildman–Crippen MR) is 115 cm³/mol. The van der Waals surface area contributed by atoms with Gasteiger partial charge in [-0.15, -0.1) is 6.58 Å². The fraction of sp³-hybridized carbons (Fsp3) is 0.455. The van der Waals surface area contributed by atoms with Gasteiger partial charge in [0.05, 0.1) is 0 Å². The quantitative estimate of drug-likeness (QED) is 0.617. The van der Waals surface area contributed by atoms with Gasteiger partial charge in [0.25, 0.3) is 0 Å². The van der Waals surface area contributed by atoms with Crippen LogP contribution in [0.2, 0.25) is 0 Å². The monoisotopic (exact) mass is 368 g/mol. The summed E-state index contributed by atoms with van der Waals surface area (Å²) in [5.41, 5.74) is 1.12. The lowest BCUT2D eigenvalue weighted by molar-refractivity contribution is -0.139. The SMILES string of the molecule is C/C=C\CC.C=CC.C=O.CC.CC.Cc1ccc(OCC(=O)O)cc1. The van der Waals surface area contributed by atoms with Crippen molar-refractivity contribution < 1.29 is 19.4 Å². The first kappa shape index (κ1) is 34.9. The van der Waals surface area contributed by atoms with E-state index in [0.29, 0.717) is 5.75 Å². The molecule has 1 aromatic carbocycles. The van der Waals surface area contributed by atoms with Crippen LogP contribution in [0.4, 0.5) is 0 Å². The van der Waals surface area contributed by atoms with Gasteiger partial charge in [-0.1, -0.05) is 70.5 Å². The number of carbonyl (C=O) groups is 2. The summed E-state index contributed by atoms with van der Waals surface area (Å²) >= 11 is 0. The molecule has 0 aromatic heterocycles. The van der Waals surface area contributed by atoms with Crippen molar-refractivity contribution in [1.29, 1.82) is 0 Å². The van der Waals surface area contributed by atoms with Crippen molar-refractivity contribution >= 4 is 12.8 Å². The van der Waals surface area contributed by atoms with Crippen LogP contribution in [0.1, 0.15) is 60.5 Å². The number of carboxylic acids is 1. The molecule has 0 saturated heterocycles. The summed E-state index contributed by atoms with van der Waals surface area (Å²) in [7, 11) is 0. The number of ether oxygens (including phenoxy) is 1. The van der Waals surface area contributed by atoms with E-state index >= 15 is 0 Å². The Bertz CT molecular complexity index is 395. The highest BCUT2D eigenvalue weighted by Gasteiger charge is 1.97. The van der Waals surface area contributed by atoms with Crippen LogP contribution in [-0.2, 0) is 9.59 Å². The predicted octanol–water partition coefficient (Wildman–Crippen LogP) is 6.49. The number of benzene rings is 1. The molecular weight excluding hydrogens is 328 g/mol. The Morgan fingerprint density at radius 1 is 1.08 bits per heavy atom. The molecule has 1 N–H and O–H groups in total. The van der Waals surface area contributed by atoms with Gasteiger partial charge in [-0.25, -0.2) is 4.79 Å². The Hall–Kier alpha value is -2.36. The lowest BCUT2D eigenvalue weighted by Crippen LogP contribution is -2.09. The molecule has 1 rings (SSSR count). The van der Waals surface area contributed by atoms with Crippen LogP contribution in [0.25, 0.3) is 0 Å². The summed E-state index contributed by atoms with van der Waals surface area (Å²) in [5.74, 6) is -0.376. The van der Waals surface area contributed by atoms with Gasteiger partial charge in [-0.2, -0.15) is 0 Å². The van der Waals surface area contributed by atoms with Crippen LogP contribution in [0.3, 0.4) is 0 Å². The van der Waals surface area contributed by atoms with E-state index in [2.05, 4.69) is 25.7 Å². The number of hydrogen-bond donors (Lipinski definition) is 1. The molecule has 0 atom stereocenters. The molecule has 0 radical (unpaired) electrons. The Labute approximate surface area is 161 Å². The average molecular weight is 369 g/mol. The summed E-state index contributed by atoms with van der Waals surface area (Å²) in [6.45, 7) is 21.1. The Morgan fingerprint density at radius 3 is 1.69 bits per heavy atom. The maximum Gasteiger partial charge on any atom is 0.341 e. The Balaban J connectivity index is -0.0000000882. The summed E-state index contributed by atoms with van der Waals surface area (Å²) in [5, 5.41) is 8.30. The zero-order chi connectivity index (χ0) is 21.8. The highest BCUT2D eigenvalue weighted by Crippen LogP contribution is 2.10. The second-order valence-electron chi connectivity index (χ2n) is 3.88. The minimum Gasteiger partial charge on any atom is -0.482 e. The molecule has 1 aromatic rings. The fourth-order valence-corrected chi connectivity index (χ4v) is 1.02. The van der Waals surface area contributed by atoms with Crippen LogP contribution in [0.15, 0.2) is 49.1 Å². The van der Waals surface area contributed by atoms with Crippen molar-refractivity contribution in [3.8, 4) is 5.75 Å². The van der Waals surface area contributed by atoms with Crippen LogP contribution >= 0.6 is 0 Å². The molecule has 0 unspecified atom stereocenters. The summed E-state index contributed by atoms with van der Waals surface area (Å²) in [6.07, 6.45) is 7.09. The van der Waals surface area contributed by atoms with Gasteiger partial charge in [0.2, 0.25) is 0 Å². The number of aliphatic carboxylic acids is 1. The van der Waals surface area contributed by atoms with Gasteiger partial charge in [0.15, 0.2) is 6.61 Å². The highest BCUT2D eigenvalue weighted by atomic mass is 16.5.